The van der Waals surface area contributed by atoms with E-state index in [4.69, 9.17) is 0 Å². The summed E-state index contributed by atoms with van der Waals surface area (Å²) in [5.41, 5.74) is 1.36. The van der Waals surface area contributed by atoms with Crippen molar-refractivity contribution in [3.8, 4) is 0 Å². The van der Waals surface area contributed by atoms with Gasteiger partial charge in [-0.25, -0.2) is 0 Å². The predicted molar refractivity (Wildman–Crippen MR) is 88.9 cm³/mol. The quantitative estimate of drug-likeness (QED) is 0.827. The highest BCUT2D eigenvalue weighted by Gasteiger charge is 2.35. The third-order valence-electron chi connectivity index (χ3n) is 4.93. The number of benzene rings is 1. The van der Waals surface area contributed by atoms with E-state index >= 15 is 0 Å². The monoisotopic (exact) mass is 315 g/mol. The molecule has 2 heterocycles. The molecule has 5 heteroatoms. The molecule has 2 aliphatic rings. The van der Waals surface area contributed by atoms with E-state index in [-0.39, 0.29) is 17.7 Å². The molecule has 1 aromatic rings. The molecule has 0 saturated carbocycles. The average molecular weight is 315 g/mol. The van der Waals surface area contributed by atoms with E-state index in [1.54, 1.807) is 11.9 Å². The van der Waals surface area contributed by atoms with Gasteiger partial charge in [-0.1, -0.05) is 30.3 Å². The van der Waals surface area contributed by atoms with Crippen LogP contribution in [0.2, 0.25) is 0 Å². The first-order valence-electron chi connectivity index (χ1n) is 8.42. The Balaban J connectivity index is 1.43. The number of nitrogens with zero attached hydrogens (tertiary/aromatic N) is 3. The highest BCUT2D eigenvalue weighted by Crippen LogP contribution is 2.19. The van der Waals surface area contributed by atoms with Crippen molar-refractivity contribution in [2.24, 2.45) is 5.92 Å². The van der Waals surface area contributed by atoms with Gasteiger partial charge in [0.15, 0.2) is 0 Å². The molecule has 3 rings (SSSR count). The minimum absolute atomic E-state index is 0.0878. The molecule has 1 atom stereocenters. The molecule has 1 aromatic carbocycles. The molecule has 5 nitrogen and oxygen atoms in total. The fraction of sp³-hybridized carbons (Fsp3) is 0.556. The Kier molecular flexibility index (Phi) is 4.96. The SMILES string of the molecule is CN1CC(C(=O)N2CCN(CCc3ccccc3)CC2)CC1=O. The van der Waals surface area contributed by atoms with Crippen LogP contribution in [0.4, 0.5) is 0 Å². The Morgan fingerprint density at radius 1 is 1.13 bits per heavy atom. The molecule has 2 fully saturated rings. The summed E-state index contributed by atoms with van der Waals surface area (Å²) < 4.78 is 0. The number of likely N-dealkylation sites (tertiary alicyclic amines) is 1. The van der Waals surface area contributed by atoms with Crippen molar-refractivity contribution in [3.63, 3.8) is 0 Å². The van der Waals surface area contributed by atoms with Crippen LogP contribution in [0.1, 0.15) is 12.0 Å². The minimum atomic E-state index is -0.136. The van der Waals surface area contributed by atoms with Crippen LogP contribution in [-0.4, -0.2) is 72.8 Å². The summed E-state index contributed by atoms with van der Waals surface area (Å²) in [6.45, 7) is 5.02. The number of hydrogen-bond acceptors (Lipinski definition) is 3. The smallest absolute Gasteiger partial charge is 0.228 e. The lowest BCUT2D eigenvalue weighted by Gasteiger charge is -2.35. The zero-order chi connectivity index (χ0) is 16.2. The van der Waals surface area contributed by atoms with Gasteiger partial charge in [0.1, 0.15) is 0 Å². The van der Waals surface area contributed by atoms with E-state index in [0.717, 1.165) is 39.1 Å². The van der Waals surface area contributed by atoms with E-state index in [1.165, 1.54) is 5.56 Å². The van der Waals surface area contributed by atoms with Crippen LogP contribution in [0, 0.1) is 5.92 Å². The van der Waals surface area contributed by atoms with Gasteiger partial charge in [0.2, 0.25) is 11.8 Å². The van der Waals surface area contributed by atoms with Crippen LogP contribution >= 0.6 is 0 Å². The minimum Gasteiger partial charge on any atom is -0.345 e. The molecule has 2 saturated heterocycles. The van der Waals surface area contributed by atoms with Crippen LogP contribution in [0.3, 0.4) is 0 Å². The largest absolute Gasteiger partial charge is 0.345 e. The second-order valence-corrected chi connectivity index (χ2v) is 6.58. The van der Waals surface area contributed by atoms with Gasteiger partial charge in [0.05, 0.1) is 5.92 Å². The molecule has 0 aromatic heterocycles. The van der Waals surface area contributed by atoms with Gasteiger partial charge >= 0.3 is 0 Å². The van der Waals surface area contributed by atoms with Gasteiger partial charge in [0, 0.05) is 52.7 Å². The summed E-state index contributed by atoms with van der Waals surface area (Å²) in [7, 11) is 1.77. The number of rotatable bonds is 4. The molecule has 0 N–H and O–H groups in total. The standard InChI is InChI=1S/C18H25N3O2/c1-19-14-16(13-17(19)22)18(23)21-11-9-20(10-12-21)8-7-15-5-3-2-4-6-15/h2-6,16H,7-14H2,1H3. The molecule has 0 spiro atoms. The van der Waals surface area contributed by atoms with Crippen molar-refractivity contribution in [3.05, 3.63) is 35.9 Å². The van der Waals surface area contributed by atoms with E-state index in [9.17, 15) is 9.59 Å². The van der Waals surface area contributed by atoms with Gasteiger partial charge in [-0.05, 0) is 12.0 Å². The molecular formula is C18H25N3O2. The number of hydrogen-bond donors (Lipinski definition) is 0. The van der Waals surface area contributed by atoms with Crippen LogP contribution in [-0.2, 0) is 16.0 Å². The van der Waals surface area contributed by atoms with Crippen molar-refractivity contribution in [1.29, 1.82) is 0 Å². The molecular weight excluding hydrogens is 290 g/mol. The van der Waals surface area contributed by atoms with Crippen molar-refractivity contribution < 1.29 is 9.59 Å². The summed E-state index contributed by atoms with van der Waals surface area (Å²) in [6.07, 6.45) is 1.43. The Morgan fingerprint density at radius 2 is 1.83 bits per heavy atom. The van der Waals surface area contributed by atoms with Crippen LogP contribution < -0.4 is 0 Å². The van der Waals surface area contributed by atoms with E-state index in [0.29, 0.717) is 13.0 Å². The predicted octanol–water partition coefficient (Wildman–Crippen LogP) is 0.852. The third kappa shape index (κ3) is 3.91. The van der Waals surface area contributed by atoms with Crippen LogP contribution in [0.15, 0.2) is 30.3 Å². The fourth-order valence-electron chi connectivity index (χ4n) is 3.41. The Hall–Kier alpha value is -1.88. The molecule has 2 aliphatic heterocycles. The van der Waals surface area contributed by atoms with Crippen molar-refractivity contribution >= 4 is 11.8 Å². The van der Waals surface area contributed by atoms with Gasteiger partial charge in [0.25, 0.3) is 0 Å². The third-order valence-corrected chi connectivity index (χ3v) is 4.93. The van der Waals surface area contributed by atoms with Gasteiger partial charge < -0.3 is 9.80 Å². The lowest BCUT2D eigenvalue weighted by atomic mass is 10.1. The topological polar surface area (TPSA) is 43.9 Å². The summed E-state index contributed by atoms with van der Waals surface area (Å²) >= 11 is 0. The molecule has 0 aliphatic carbocycles. The number of amides is 2. The van der Waals surface area contributed by atoms with E-state index < -0.39 is 0 Å². The normalized spacial score (nSPS) is 22.7. The molecule has 0 radical (unpaired) electrons. The van der Waals surface area contributed by atoms with Crippen molar-refractivity contribution in [2.75, 3.05) is 46.3 Å². The van der Waals surface area contributed by atoms with Crippen LogP contribution in [0.25, 0.3) is 0 Å². The van der Waals surface area contributed by atoms with Gasteiger partial charge in [-0.3, -0.25) is 14.5 Å². The van der Waals surface area contributed by atoms with Crippen molar-refractivity contribution in [2.45, 2.75) is 12.8 Å². The Labute approximate surface area is 137 Å². The highest BCUT2D eigenvalue weighted by atomic mass is 16.2. The zero-order valence-corrected chi connectivity index (χ0v) is 13.8. The first-order valence-corrected chi connectivity index (χ1v) is 8.42. The van der Waals surface area contributed by atoms with Crippen LogP contribution in [0.5, 0.6) is 0 Å². The zero-order valence-electron chi connectivity index (χ0n) is 13.8. The lowest BCUT2D eigenvalue weighted by molar-refractivity contribution is -0.137. The molecule has 23 heavy (non-hydrogen) atoms. The first-order chi connectivity index (χ1) is 11.1. The molecule has 0 bridgehead atoms. The molecule has 1 unspecified atom stereocenters. The summed E-state index contributed by atoms with van der Waals surface area (Å²) in [4.78, 5) is 30.1. The maximum atomic E-state index is 12.5. The highest BCUT2D eigenvalue weighted by molar-refractivity contribution is 5.89. The second-order valence-electron chi connectivity index (χ2n) is 6.58. The maximum Gasteiger partial charge on any atom is 0.228 e. The molecule has 124 valence electrons. The number of carbonyl (C=O) groups excluding carboxylic acids is 2. The summed E-state index contributed by atoms with van der Waals surface area (Å²) in [5, 5.41) is 0. The maximum absolute atomic E-state index is 12.5. The Bertz CT molecular complexity index is 553. The fourth-order valence-corrected chi connectivity index (χ4v) is 3.41. The van der Waals surface area contributed by atoms with Gasteiger partial charge in [-0.15, -0.1) is 0 Å². The Morgan fingerprint density at radius 3 is 2.43 bits per heavy atom. The summed E-state index contributed by atoms with van der Waals surface area (Å²) in [5.74, 6) is 0.110. The second kappa shape index (κ2) is 7.13. The van der Waals surface area contributed by atoms with Crippen molar-refractivity contribution in [1.82, 2.24) is 14.7 Å². The molecule has 2 amide bonds. The summed E-state index contributed by atoms with van der Waals surface area (Å²) in [6, 6.07) is 10.5. The van der Waals surface area contributed by atoms with E-state index in [2.05, 4.69) is 29.2 Å². The lowest BCUT2D eigenvalue weighted by Crippen LogP contribution is -2.50. The number of carbonyl (C=O) groups is 2. The average Bonchev–Trinajstić information content (AvgIpc) is 2.93. The van der Waals surface area contributed by atoms with E-state index in [1.807, 2.05) is 11.0 Å². The van der Waals surface area contributed by atoms with Gasteiger partial charge in [-0.2, -0.15) is 0 Å². The first kappa shape index (κ1) is 16.0. The number of piperazine rings is 1.